The van der Waals surface area contributed by atoms with Gasteiger partial charge in [-0.05, 0) is 42.6 Å². The minimum absolute atomic E-state index is 0.0833. The predicted molar refractivity (Wildman–Crippen MR) is 127 cm³/mol. The monoisotopic (exact) mass is 486 g/mol. The van der Waals surface area contributed by atoms with Crippen molar-refractivity contribution in [3.8, 4) is 11.5 Å². The van der Waals surface area contributed by atoms with E-state index >= 15 is 0 Å². The van der Waals surface area contributed by atoms with Gasteiger partial charge in [0.15, 0.2) is 0 Å². The van der Waals surface area contributed by atoms with Crippen molar-refractivity contribution in [3.63, 3.8) is 0 Å². The number of nitrogens with zero attached hydrogens (tertiary/aromatic N) is 2. The molecule has 2 aromatic carbocycles. The van der Waals surface area contributed by atoms with Crippen LogP contribution in [0, 0.1) is 6.92 Å². The number of benzene rings is 2. The Morgan fingerprint density at radius 3 is 2.39 bits per heavy atom. The fourth-order valence-corrected chi connectivity index (χ4v) is 5.85. The number of hydrogen-bond donors (Lipinski definition) is 0. The summed E-state index contributed by atoms with van der Waals surface area (Å²) in [4.78, 5) is 15.6. The highest BCUT2D eigenvalue weighted by Crippen LogP contribution is 2.24. The Hall–Kier alpha value is -2.88. The standard InChI is InChI=1S/C24H26N2O5S2/c1-18-6-8-22(9-7-18)33(28,29)26-12-10-25(11-13-26)24(27)23-14-19(17-32-23)16-31-21-5-3-4-20(15-21)30-2/h3-9,14-15,17H,10-13,16H2,1-2H3. The Kier molecular flexibility index (Phi) is 7.02. The van der Waals surface area contributed by atoms with Gasteiger partial charge in [-0.25, -0.2) is 8.42 Å². The molecular formula is C24H26N2O5S2. The Morgan fingerprint density at radius 2 is 1.70 bits per heavy atom. The lowest BCUT2D eigenvalue weighted by atomic mass is 10.2. The number of rotatable bonds is 7. The molecular weight excluding hydrogens is 460 g/mol. The molecule has 0 saturated carbocycles. The molecule has 174 valence electrons. The van der Waals surface area contributed by atoms with Crippen LogP contribution in [-0.2, 0) is 16.6 Å². The minimum Gasteiger partial charge on any atom is -0.497 e. The summed E-state index contributed by atoms with van der Waals surface area (Å²) in [6.45, 7) is 3.54. The third-order valence-corrected chi connectivity index (χ3v) is 8.38. The van der Waals surface area contributed by atoms with E-state index in [9.17, 15) is 13.2 Å². The van der Waals surface area contributed by atoms with Crippen LogP contribution >= 0.6 is 11.3 Å². The fraction of sp³-hybridized carbons (Fsp3) is 0.292. The Bertz CT molecular complexity index is 1210. The summed E-state index contributed by atoms with van der Waals surface area (Å²) in [6, 6.07) is 16.0. The molecule has 0 unspecified atom stereocenters. The zero-order valence-corrected chi connectivity index (χ0v) is 20.2. The summed E-state index contributed by atoms with van der Waals surface area (Å²) >= 11 is 1.37. The molecule has 9 heteroatoms. The summed E-state index contributed by atoms with van der Waals surface area (Å²) in [6.07, 6.45) is 0. The van der Waals surface area contributed by atoms with Crippen LogP contribution in [0.3, 0.4) is 0 Å². The van der Waals surface area contributed by atoms with Crippen LogP contribution in [0.5, 0.6) is 11.5 Å². The van der Waals surface area contributed by atoms with Crippen LogP contribution in [0.2, 0.25) is 0 Å². The van der Waals surface area contributed by atoms with E-state index in [-0.39, 0.29) is 23.9 Å². The number of hydrogen-bond acceptors (Lipinski definition) is 6. The maximum absolute atomic E-state index is 12.9. The number of ether oxygens (including phenoxy) is 2. The Balaban J connectivity index is 1.33. The molecule has 1 aliphatic rings. The number of aryl methyl sites for hydroxylation is 1. The first-order valence-electron chi connectivity index (χ1n) is 10.6. The van der Waals surface area contributed by atoms with Gasteiger partial charge in [-0.3, -0.25) is 4.79 Å². The second-order valence-corrected chi connectivity index (χ2v) is 10.6. The molecule has 3 aromatic rings. The van der Waals surface area contributed by atoms with Crippen LogP contribution in [0.1, 0.15) is 20.8 Å². The van der Waals surface area contributed by atoms with Gasteiger partial charge in [0.2, 0.25) is 10.0 Å². The lowest BCUT2D eigenvalue weighted by molar-refractivity contribution is 0.0702. The number of sulfonamides is 1. The maximum atomic E-state index is 12.9. The third kappa shape index (κ3) is 5.38. The van der Waals surface area contributed by atoms with Crippen molar-refractivity contribution in [1.29, 1.82) is 0 Å². The fourth-order valence-electron chi connectivity index (χ4n) is 3.57. The molecule has 0 atom stereocenters. The van der Waals surface area contributed by atoms with Crippen LogP contribution in [0.4, 0.5) is 0 Å². The molecule has 1 aromatic heterocycles. The van der Waals surface area contributed by atoms with Crippen molar-refractivity contribution in [2.45, 2.75) is 18.4 Å². The van der Waals surface area contributed by atoms with E-state index in [0.29, 0.717) is 30.3 Å². The largest absolute Gasteiger partial charge is 0.497 e. The molecule has 1 aliphatic heterocycles. The van der Waals surface area contributed by atoms with Gasteiger partial charge in [-0.15, -0.1) is 11.3 Å². The number of piperazine rings is 1. The molecule has 0 spiro atoms. The second-order valence-electron chi connectivity index (χ2n) is 7.80. The molecule has 0 N–H and O–H groups in total. The van der Waals surface area contributed by atoms with E-state index in [1.807, 2.05) is 42.6 Å². The molecule has 1 fully saturated rings. The van der Waals surface area contributed by atoms with Gasteiger partial charge in [0.05, 0.1) is 16.9 Å². The van der Waals surface area contributed by atoms with Crippen molar-refractivity contribution in [1.82, 2.24) is 9.21 Å². The number of carbonyl (C=O) groups excluding carboxylic acids is 1. The normalized spacial score (nSPS) is 14.8. The first-order chi connectivity index (χ1) is 15.9. The number of carbonyl (C=O) groups is 1. The van der Waals surface area contributed by atoms with Gasteiger partial charge in [0.1, 0.15) is 18.1 Å². The predicted octanol–water partition coefficient (Wildman–Crippen LogP) is 3.79. The average Bonchev–Trinajstić information content (AvgIpc) is 3.32. The zero-order chi connectivity index (χ0) is 23.4. The minimum atomic E-state index is -3.55. The number of amides is 1. The first kappa shape index (κ1) is 23.3. The molecule has 0 bridgehead atoms. The number of thiophene rings is 1. The molecule has 0 radical (unpaired) electrons. The third-order valence-electron chi connectivity index (χ3n) is 5.50. The lowest BCUT2D eigenvalue weighted by Crippen LogP contribution is -2.50. The summed E-state index contributed by atoms with van der Waals surface area (Å²) in [7, 11) is -1.95. The highest BCUT2D eigenvalue weighted by atomic mass is 32.2. The van der Waals surface area contributed by atoms with Crippen molar-refractivity contribution < 1.29 is 22.7 Å². The zero-order valence-electron chi connectivity index (χ0n) is 18.6. The molecule has 2 heterocycles. The Morgan fingerprint density at radius 1 is 1.00 bits per heavy atom. The van der Waals surface area contributed by atoms with Crippen LogP contribution in [0.25, 0.3) is 0 Å². The van der Waals surface area contributed by atoms with E-state index < -0.39 is 10.0 Å². The molecule has 4 rings (SSSR count). The summed E-state index contributed by atoms with van der Waals surface area (Å²) < 4.78 is 38.2. The van der Waals surface area contributed by atoms with Crippen molar-refractivity contribution in [2.75, 3.05) is 33.3 Å². The summed E-state index contributed by atoms with van der Waals surface area (Å²) in [5, 5.41) is 1.91. The van der Waals surface area contributed by atoms with Gasteiger partial charge in [-0.1, -0.05) is 23.8 Å². The van der Waals surface area contributed by atoms with Gasteiger partial charge < -0.3 is 14.4 Å². The van der Waals surface area contributed by atoms with Gasteiger partial charge in [0, 0.05) is 37.8 Å². The van der Waals surface area contributed by atoms with Crippen LogP contribution in [-0.4, -0.2) is 56.8 Å². The summed E-state index contributed by atoms with van der Waals surface area (Å²) in [5.74, 6) is 1.33. The first-order valence-corrected chi connectivity index (χ1v) is 12.9. The molecule has 1 saturated heterocycles. The highest BCUT2D eigenvalue weighted by Gasteiger charge is 2.30. The smallest absolute Gasteiger partial charge is 0.264 e. The van der Waals surface area contributed by atoms with Crippen molar-refractivity contribution in [3.05, 3.63) is 76.0 Å². The average molecular weight is 487 g/mol. The SMILES string of the molecule is COc1cccc(OCc2csc(C(=O)N3CCN(S(=O)(=O)c4ccc(C)cc4)CC3)c2)c1. The molecule has 33 heavy (non-hydrogen) atoms. The maximum Gasteiger partial charge on any atom is 0.264 e. The molecule has 7 nitrogen and oxygen atoms in total. The number of methoxy groups -OCH3 is 1. The van der Waals surface area contributed by atoms with Crippen LogP contribution < -0.4 is 9.47 Å². The van der Waals surface area contributed by atoms with Crippen molar-refractivity contribution in [2.24, 2.45) is 0 Å². The lowest BCUT2D eigenvalue weighted by Gasteiger charge is -2.33. The van der Waals surface area contributed by atoms with Crippen LogP contribution in [0.15, 0.2) is 64.9 Å². The van der Waals surface area contributed by atoms with Gasteiger partial charge in [-0.2, -0.15) is 4.31 Å². The van der Waals surface area contributed by atoms with E-state index in [1.165, 1.54) is 15.6 Å². The molecule has 1 amide bonds. The van der Waals surface area contributed by atoms with Gasteiger partial charge >= 0.3 is 0 Å². The topological polar surface area (TPSA) is 76.2 Å². The second kappa shape index (κ2) is 9.94. The van der Waals surface area contributed by atoms with E-state index in [4.69, 9.17) is 9.47 Å². The van der Waals surface area contributed by atoms with E-state index in [1.54, 1.807) is 36.3 Å². The van der Waals surface area contributed by atoms with Crippen molar-refractivity contribution >= 4 is 27.3 Å². The van der Waals surface area contributed by atoms with E-state index in [2.05, 4.69) is 0 Å². The Labute approximate surface area is 198 Å². The quantitative estimate of drug-likeness (QED) is 0.508. The molecule has 0 aliphatic carbocycles. The van der Waals surface area contributed by atoms with Gasteiger partial charge in [0.25, 0.3) is 5.91 Å². The summed E-state index contributed by atoms with van der Waals surface area (Å²) in [5.41, 5.74) is 1.92. The highest BCUT2D eigenvalue weighted by molar-refractivity contribution is 7.89. The van der Waals surface area contributed by atoms with E-state index in [0.717, 1.165) is 16.9 Å².